The van der Waals surface area contributed by atoms with Gasteiger partial charge in [-0.25, -0.2) is 4.79 Å². The highest BCUT2D eigenvalue weighted by Crippen LogP contribution is 2.63. The minimum atomic E-state index is -0.476. The standard InChI is InChI=1S/C34H56O6/c1-27(2)29(35)40-34-19-28-17-32(21-34,38-15-11-7-5-9-13-30(3)23-36-24-30)20-33(18-28,22-34)39-16-12-8-6-10-14-31(4)25-37-26-31/h28H,1,5-26H2,2-4H3. The van der Waals surface area contributed by atoms with Gasteiger partial charge in [-0.15, -0.1) is 0 Å². The van der Waals surface area contributed by atoms with Crippen molar-refractivity contribution in [3.05, 3.63) is 12.2 Å². The second kappa shape index (κ2) is 12.3. The fourth-order valence-corrected chi connectivity index (χ4v) is 8.68. The smallest absolute Gasteiger partial charge is 0.333 e. The molecule has 4 aliphatic carbocycles. The zero-order valence-corrected chi connectivity index (χ0v) is 25.8. The first-order chi connectivity index (χ1) is 19.1. The molecule has 6 aliphatic rings. The summed E-state index contributed by atoms with van der Waals surface area (Å²) in [5.41, 5.74) is 0.380. The molecule has 6 heteroatoms. The van der Waals surface area contributed by atoms with Crippen LogP contribution >= 0.6 is 0 Å². The predicted octanol–water partition coefficient (Wildman–Crippen LogP) is 7.33. The minimum absolute atomic E-state index is 0.230. The highest BCUT2D eigenvalue weighted by molar-refractivity contribution is 5.87. The zero-order valence-electron chi connectivity index (χ0n) is 25.8. The molecule has 0 spiro atoms. The van der Waals surface area contributed by atoms with Gasteiger partial charge in [0.2, 0.25) is 0 Å². The fraction of sp³-hybridized carbons (Fsp3) is 0.912. The zero-order chi connectivity index (χ0) is 28.3. The van der Waals surface area contributed by atoms with Gasteiger partial charge in [0.05, 0.1) is 37.6 Å². The van der Waals surface area contributed by atoms with Gasteiger partial charge in [0.25, 0.3) is 0 Å². The number of hydrogen-bond donors (Lipinski definition) is 0. The van der Waals surface area contributed by atoms with Crippen LogP contribution in [0.3, 0.4) is 0 Å². The first-order valence-electron chi connectivity index (χ1n) is 16.4. The molecule has 228 valence electrons. The van der Waals surface area contributed by atoms with Crippen LogP contribution in [-0.2, 0) is 28.5 Å². The van der Waals surface area contributed by atoms with Crippen molar-refractivity contribution in [3.63, 3.8) is 0 Å². The Labute approximate surface area is 243 Å². The van der Waals surface area contributed by atoms with E-state index < -0.39 is 5.60 Å². The van der Waals surface area contributed by atoms with Crippen LogP contribution in [0.5, 0.6) is 0 Å². The second-order valence-electron chi connectivity index (χ2n) is 15.4. The third-order valence-electron chi connectivity index (χ3n) is 10.5. The molecule has 0 aromatic rings. The number of carbonyl (C=O) groups is 1. The van der Waals surface area contributed by atoms with Gasteiger partial charge in [-0.05, 0) is 57.8 Å². The van der Waals surface area contributed by atoms with E-state index in [1.807, 2.05) is 0 Å². The van der Waals surface area contributed by atoms with E-state index in [0.717, 1.165) is 91.0 Å². The molecule has 2 unspecified atom stereocenters. The van der Waals surface area contributed by atoms with Crippen LogP contribution in [0, 0.1) is 16.7 Å². The van der Waals surface area contributed by atoms with Crippen molar-refractivity contribution < 1.29 is 28.5 Å². The van der Waals surface area contributed by atoms with E-state index in [0.29, 0.717) is 22.3 Å². The van der Waals surface area contributed by atoms with Gasteiger partial charge in [-0.3, -0.25) is 0 Å². The third-order valence-corrected chi connectivity index (χ3v) is 10.5. The van der Waals surface area contributed by atoms with Gasteiger partial charge >= 0.3 is 5.97 Å². The predicted molar refractivity (Wildman–Crippen MR) is 156 cm³/mol. The Balaban J connectivity index is 1.11. The number of carbonyl (C=O) groups excluding carboxylic acids is 1. The summed E-state index contributed by atoms with van der Waals surface area (Å²) in [5, 5.41) is 0. The van der Waals surface area contributed by atoms with Crippen molar-refractivity contribution in [1.82, 2.24) is 0 Å². The number of ether oxygens (including phenoxy) is 5. The van der Waals surface area contributed by atoms with E-state index in [1.54, 1.807) is 6.92 Å². The summed E-state index contributed by atoms with van der Waals surface area (Å²) in [6.45, 7) is 15.6. The molecule has 2 aliphatic heterocycles. The van der Waals surface area contributed by atoms with Gasteiger partial charge in [-0.1, -0.05) is 59.0 Å². The Morgan fingerprint density at radius 1 is 0.700 bits per heavy atom. The maximum absolute atomic E-state index is 12.7. The number of rotatable bonds is 18. The lowest BCUT2D eigenvalue weighted by molar-refractivity contribution is -0.283. The Bertz CT molecular complexity index is 839. The SMILES string of the molecule is C=C(C)C(=O)OC12CC3CC(OCCCCCCC4(C)COC4)(CC(OCCCCCCC4(C)COC4)(C3)C1)C2. The molecular formula is C34H56O6. The average Bonchev–Trinajstić information content (AvgIpc) is 2.84. The molecule has 0 aromatic heterocycles. The molecule has 0 radical (unpaired) electrons. The molecule has 6 nitrogen and oxygen atoms in total. The molecule has 6 fully saturated rings. The van der Waals surface area contributed by atoms with E-state index in [4.69, 9.17) is 23.7 Å². The first kappa shape index (κ1) is 30.5. The molecule has 40 heavy (non-hydrogen) atoms. The van der Waals surface area contributed by atoms with Gasteiger partial charge < -0.3 is 23.7 Å². The molecule has 4 saturated carbocycles. The summed E-state index contributed by atoms with van der Waals surface area (Å²) in [6.07, 6.45) is 17.9. The summed E-state index contributed by atoms with van der Waals surface area (Å²) < 4.78 is 30.6. The summed E-state index contributed by atoms with van der Waals surface area (Å²) in [5.74, 6) is 0.230. The van der Waals surface area contributed by atoms with E-state index >= 15 is 0 Å². The summed E-state index contributed by atoms with van der Waals surface area (Å²) in [4.78, 5) is 12.7. The van der Waals surface area contributed by atoms with Gasteiger partial charge in [-0.2, -0.15) is 0 Å². The van der Waals surface area contributed by atoms with Crippen molar-refractivity contribution in [2.24, 2.45) is 16.7 Å². The molecule has 2 atom stereocenters. The lowest BCUT2D eigenvalue weighted by atomic mass is 9.50. The molecular weight excluding hydrogens is 504 g/mol. The van der Waals surface area contributed by atoms with Gasteiger partial charge in [0, 0.05) is 48.9 Å². The largest absolute Gasteiger partial charge is 0.455 e. The van der Waals surface area contributed by atoms with Crippen LogP contribution in [0.2, 0.25) is 0 Å². The van der Waals surface area contributed by atoms with Crippen LogP contribution in [-0.4, -0.2) is 62.4 Å². The molecule has 0 amide bonds. The highest BCUT2D eigenvalue weighted by atomic mass is 16.6. The van der Waals surface area contributed by atoms with E-state index in [2.05, 4.69) is 20.4 Å². The highest BCUT2D eigenvalue weighted by Gasteiger charge is 2.66. The van der Waals surface area contributed by atoms with Crippen molar-refractivity contribution in [2.75, 3.05) is 39.6 Å². The third kappa shape index (κ3) is 7.33. The van der Waals surface area contributed by atoms with Crippen molar-refractivity contribution in [3.8, 4) is 0 Å². The maximum Gasteiger partial charge on any atom is 0.333 e. The Morgan fingerprint density at radius 3 is 1.55 bits per heavy atom. The van der Waals surface area contributed by atoms with Gasteiger partial charge in [0.15, 0.2) is 0 Å². The van der Waals surface area contributed by atoms with Crippen molar-refractivity contribution in [1.29, 1.82) is 0 Å². The topological polar surface area (TPSA) is 63.2 Å². The van der Waals surface area contributed by atoms with E-state index in [-0.39, 0.29) is 17.2 Å². The van der Waals surface area contributed by atoms with Crippen LogP contribution in [0.4, 0.5) is 0 Å². The Morgan fingerprint density at radius 2 is 1.12 bits per heavy atom. The Kier molecular flexibility index (Phi) is 9.41. The van der Waals surface area contributed by atoms with E-state index in [1.165, 1.54) is 51.4 Å². The first-order valence-corrected chi connectivity index (χ1v) is 16.4. The van der Waals surface area contributed by atoms with Crippen molar-refractivity contribution >= 4 is 5.97 Å². The second-order valence-corrected chi connectivity index (χ2v) is 15.4. The Hall–Kier alpha value is -0.950. The maximum atomic E-state index is 12.7. The minimum Gasteiger partial charge on any atom is -0.455 e. The van der Waals surface area contributed by atoms with E-state index in [9.17, 15) is 4.79 Å². The molecule has 2 saturated heterocycles. The molecule has 0 aromatic carbocycles. The number of unbranched alkanes of at least 4 members (excludes halogenated alkanes) is 6. The number of hydrogen-bond acceptors (Lipinski definition) is 6. The van der Waals surface area contributed by atoms with Crippen LogP contribution in [0.15, 0.2) is 12.2 Å². The fourth-order valence-electron chi connectivity index (χ4n) is 8.68. The van der Waals surface area contributed by atoms with Crippen LogP contribution in [0.25, 0.3) is 0 Å². The number of esters is 1. The molecule has 0 N–H and O–H groups in total. The monoisotopic (exact) mass is 560 g/mol. The molecule has 4 bridgehead atoms. The molecule has 2 heterocycles. The lowest BCUT2D eigenvalue weighted by Gasteiger charge is -2.64. The summed E-state index contributed by atoms with van der Waals surface area (Å²) in [7, 11) is 0. The lowest BCUT2D eigenvalue weighted by Crippen LogP contribution is -2.68. The summed E-state index contributed by atoms with van der Waals surface area (Å²) >= 11 is 0. The van der Waals surface area contributed by atoms with Crippen LogP contribution < -0.4 is 0 Å². The van der Waals surface area contributed by atoms with Gasteiger partial charge in [0.1, 0.15) is 5.60 Å². The molecule has 6 rings (SSSR count). The summed E-state index contributed by atoms with van der Waals surface area (Å²) in [6, 6.07) is 0. The normalized spacial score (nSPS) is 34.7. The van der Waals surface area contributed by atoms with Crippen molar-refractivity contribution in [2.45, 2.75) is 140 Å². The van der Waals surface area contributed by atoms with Crippen LogP contribution in [0.1, 0.15) is 124 Å². The average molecular weight is 561 g/mol. The quantitative estimate of drug-likeness (QED) is 0.0994.